The lowest BCUT2D eigenvalue weighted by Gasteiger charge is -2.07. The first-order chi connectivity index (χ1) is 9.74. The predicted octanol–water partition coefficient (Wildman–Crippen LogP) is 4.38. The van der Waals surface area contributed by atoms with Crippen molar-refractivity contribution < 1.29 is 10.2 Å². The number of aromatic nitrogens is 2. The third-order valence-electron chi connectivity index (χ3n) is 3.03. The van der Waals surface area contributed by atoms with Gasteiger partial charge in [-0.05, 0) is 47.5 Å². The fourth-order valence-corrected chi connectivity index (χ4v) is 2.04. The maximum atomic E-state index is 9.90. The molecule has 0 aliphatic heterocycles. The monoisotopic (exact) mass is 424 g/mol. The molecule has 0 unspecified atom stereocenters. The van der Waals surface area contributed by atoms with Gasteiger partial charge in [0.25, 0.3) is 0 Å². The van der Waals surface area contributed by atoms with Gasteiger partial charge in [0.2, 0.25) is 0 Å². The molecular formula is C16H14Br2N2O2. The highest BCUT2D eigenvalue weighted by Crippen LogP contribution is 2.32. The topological polar surface area (TPSA) is 66.2 Å². The molecule has 0 fully saturated rings. The third-order valence-corrected chi connectivity index (χ3v) is 3.03. The quantitative estimate of drug-likeness (QED) is 0.639. The summed E-state index contributed by atoms with van der Waals surface area (Å²) >= 11 is 0. The van der Waals surface area contributed by atoms with Gasteiger partial charge in [0.1, 0.15) is 11.5 Å². The summed E-state index contributed by atoms with van der Waals surface area (Å²) in [5.74, 6) is 0.0286. The molecule has 0 aliphatic rings. The van der Waals surface area contributed by atoms with Crippen molar-refractivity contribution in [1.82, 2.24) is 9.97 Å². The molecule has 3 rings (SSSR count). The number of pyridine rings is 2. The largest absolute Gasteiger partial charge is 0.508 e. The summed E-state index contributed by atoms with van der Waals surface area (Å²) in [6.07, 6.45) is 5.15. The molecule has 114 valence electrons. The Morgan fingerprint density at radius 2 is 1.41 bits per heavy atom. The maximum Gasteiger partial charge on any atom is 0.128 e. The summed E-state index contributed by atoms with van der Waals surface area (Å²) in [6.45, 7) is 0. The summed E-state index contributed by atoms with van der Waals surface area (Å²) in [4.78, 5) is 8.26. The fourth-order valence-electron chi connectivity index (χ4n) is 2.04. The van der Waals surface area contributed by atoms with Crippen molar-refractivity contribution in [3.63, 3.8) is 0 Å². The molecule has 0 amide bonds. The molecule has 2 N–H and O–H groups in total. The van der Waals surface area contributed by atoms with E-state index in [1.54, 1.807) is 24.7 Å². The van der Waals surface area contributed by atoms with Crippen LogP contribution in [0.4, 0.5) is 0 Å². The van der Waals surface area contributed by atoms with Crippen LogP contribution in [0.5, 0.6) is 11.5 Å². The first-order valence-electron chi connectivity index (χ1n) is 6.13. The Balaban J connectivity index is 0.00000121. The molecule has 0 spiro atoms. The molecular weight excluding hydrogens is 412 g/mol. The van der Waals surface area contributed by atoms with Crippen molar-refractivity contribution in [3.8, 4) is 33.9 Å². The van der Waals surface area contributed by atoms with Crippen molar-refractivity contribution in [2.75, 3.05) is 0 Å². The zero-order chi connectivity index (χ0) is 13.9. The average molecular weight is 426 g/mol. The van der Waals surface area contributed by atoms with Gasteiger partial charge in [0.05, 0.1) is 5.69 Å². The van der Waals surface area contributed by atoms with Gasteiger partial charge in [-0.25, -0.2) is 0 Å². The molecule has 0 radical (unpaired) electrons. The zero-order valence-corrected chi connectivity index (χ0v) is 14.8. The van der Waals surface area contributed by atoms with Crippen LogP contribution in [-0.2, 0) is 0 Å². The normalized spacial score (nSPS) is 9.45. The molecule has 0 atom stereocenters. The minimum Gasteiger partial charge on any atom is -0.508 e. The van der Waals surface area contributed by atoms with E-state index in [1.165, 1.54) is 12.1 Å². The van der Waals surface area contributed by atoms with E-state index in [1.807, 2.05) is 24.3 Å². The molecule has 0 aliphatic carbocycles. The summed E-state index contributed by atoms with van der Waals surface area (Å²) in [6, 6.07) is 12.1. The van der Waals surface area contributed by atoms with Crippen LogP contribution in [0.15, 0.2) is 61.1 Å². The van der Waals surface area contributed by atoms with Crippen molar-refractivity contribution in [3.05, 3.63) is 61.1 Å². The number of nitrogens with zero attached hydrogens (tertiary/aromatic N) is 2. The number of rotatable bonds is 2. The van der Waals surface area contributed by atoms with E-state index in [0.717, 1.165) is 11.1 Å². The molecule has 0 saturated carbocycles. The lowest BCUT2D eigenvalue weighted by Crippen LogP contribution is -1.86. The van der Waals surface area contributed by atoms with Crippen LogP contribution in [0, 0.1) is 0 Å². The van der Waals surface area contributed by atoms with Gasteiger partial charge in [-0.3, -0.25) is 9.97 Å². The Morgan fingerprint density at radius 1 is 0.727 bits per heavy atom. The summed E-state index contributed by atoms with van der Waals surface area (Å²) in [7, 11) is 0. The Bertz CT molecular complexity index is 752. The van der Waals surface area contributed by atoms with Gasteiger partial charge in [0, 0.05) is 30.2 Å². The van der Waals surface area contributed by atoms with E-state index >= 15 is 0 Å². The van der Waals surface area contributed by atoms with E-state index in [2.05, 4.69) is 9.97 Å². The highest BCUT2D eigenvalue weighted by atomic mass is 79.9. The number of benzene rings is 1. The molecule has 3 aromatic rings. The van der Waals surface area contributed by atoms with Crippen LogP contribution >= 0.6 is 34.0 Å². The van der Waals surface area contributed by atoms with Gasteiger partial charge in [0.15, 0.2) is 0 Å². The standard InChI is InChI=1S/C16H12N2O2.2BrH/c19-13-1-2-14(16(20)10-13)15-9-12(5-8-18-15)11-3-6-17-7-4-11;;/h1-10,19-20H;2*1H. The predicted molar refractivity (Wildman–Crippen MR) is 96.9 cm³/mol. The van der Waals surface area contributed by atoms with E-state index in [0.29, 0.717) is 11.3 Å². The smallest absolute Gasteiger partial charge is 0.128 e. The second-order valence-corrected chi connectivity index (χ2v) is 4.37. The van der Waals surface area contributed by atoms with E-state index in [-0.39, 0.29) is 45.5 Å². The Labute approximate surface area is 149 Å². The zero-order valence-electron chi connectivity index (χ0n) is 11.4. The van der Waals surface area contributed by atoms with Crippen molar-refractivity contribution in [1.29, 1.82) is 0 Å². The van der Waals surface area contributed by atoms with Gasteiger partial charge >= 0.3 is 0 Å². The number of phenols is 2. The molecule has 22 heavy (non-hydrogen) atoms. The molecule has 0 bridgehead atoms. The van der Waals surface area contributed by atoms with Crippen LogP contribution in [-0.4, -0.2) is 20.2 Å². The molecule has 2 aromatic heterocycles. The lowest BCUT2D eigenvalue weighted by molar-refractivity contribution is 0.452. The fraction of sp³-hybridized carbons (Fsp3) is 0. The van der Waals surface area contributed by atoms with Crippen LogP contribution in [0.3, 0.4) is 0 Å². The maximum absolute atomic E-state index is 9.90. The Hall–Kier alpha value is -1.92. The molecule has 1 aromatic carbocycles. The van der Waals surface area contributed by atoms with Crippen LogP contribution in [0.25, 0.3) is 22.4 Å². The average Bonchev–Trinajstić information content (AvgIpc) is 2.48. The first kappa shape index (κ1) is 18.1. The van der Waals surface area contributed by atoms with E-state index < -0.39 is 0 Å². The number of phenolic OH excluding ortho intramolecular Hbond substituents is 2. The van der Waals surface area contributed by atoms with Crippen LogP contribution in [0.2, 0.25) is 0 Å². The van der Waals surface area contributed by atoms with E-state index in [4.69, 9.17) is 0 Å². The highest BCUT2D eigenvalue weighted by Gasteiger charge is 2.08. The number of aromatic hydroxyl groups is 2. The number of hydrogen-bond donors (Lipinski definition) is 2. The van der Waals surface area contributed by atoms with Gasteiger partial charge in [-0.15, -0.1) is 34.0 Å². The second kappa shape index (κ2) is 7.91. The minimum atomic E-state index is 0. The van der Waals surface area contributed by atoms with Gasteiger partial charge < -0.3 is 10.2 Å². The summed E-state index contributed by atoms with van der Waals surface area (Å²) < 4.78 is 0. The highest BCUT2D eigenvalue weighted by molar-refractivity contribution is 8.93. The van der Waals surface area contributed by atoms with Crippen molar-refractivity contribution in [2.24, 2.45) is 0 Å². The molecule has 2 heterocycles. The number of hydrogen-bond acceptors (Lipinski definition) is 4. The van der Waals surface area contributed by atoms with Crippen LogP contribution in [0.1, 0.15) is 0 Å². The minimum absolute atomic E-state index is 0. The number of halogens is 2. The summed E-state index contributed by atoms with van der Waals surface area (Å²) in [5, 5.41) is 19.2. The molecule has 4 nitrogen and oxygen atoms in total. The van der Waals surface area contributed by atoms with Crippen molar-refractivity contribution >= 4 is 34.0 Å². The second-order valence-electron chi connectivity index (χ2n) is 4.37. The molecule has 0 saturated heterocycles. The lowest BCUT2D eigenvalue weighted by atomic mass is 10.0. The van der Waals surface area contributed by atoms with E-state index in [9.17, 15) is 10.2 Å². The molecule has 6 heteroatoms. The Kier molecular flexibility index (Phi) is 6.52. The third kappa shape index (κ3) is 3.84. The first-order valence-corrected chi connectivity index (χ1v) is 6.13. The van der Waals surface area contributed by atoms with Gasteiger partial charge in [-0.2, -0.15) is 0 Å². The SMILES string of the molecule is Br.Br.Oc1ccc(-c2cc(-c3ccncc3)ccn2)c(O)c1. The Morgan fingerprint density at radius 3 is 2.09 bits per heavy atom. The summed E-state index contributed by atoms with van der Waals surface area (Å²) in [5.41, 5.74) is 3.25. The van der Waals surface area contributed by atoms with Crippen LogP contribution < -0.4 is 0 Å². The van der Waals surface area contributed by atoms with Crippen molar-refractivity contribution in [2.45, 2.75) is 0 Å². The van der Waals surface area contributed by atoms with Gasteiger partial charge in [-0.1, -0.05) is 0 Å².